The topological polar surface area (TPSA) is 115 Å². The second-order valence-electron chi connectivity index (χ2n) is 9.55. The average molecular weight is 533 g/mol. The van der Waals surface area contributed by atoms with Crippen LogP contribution in [0.15, 0.2) is 64.6 Å². The number of rotatable bonds is 10. The molecule has 0 radical (unpaired) electrons. The summed E-state index contributed by atoms with van der Waals surface area (Å²) in [7, 11) is 1.63. The molecule has 0 bridgehead atoms. The summed E-state index contributed by atoms with van der Waals surface area (Å²) in [4.78, 5) is 28.1. The zero-order valence-electron chi connectivity index (χ0n) is 22.0. The molecule has 2 aliphatic rings. The van der Waals surface area contributed by atoms with Crippen molar-refractivity contribution >= 4 is 23.6 Å². The molecule has 5 rings (SSSR count). The molecule has 1 fully saturated rings. The monoisotopic (exact) mass is 532 g/mol. The van der Waals surface area contributed by atoms with Crippen LogP contribution < -0.4 is 14.8 Å². The zero-order chi connectivity index (χ0) is 27.2. The van der Waals surface area contributed by atoms with Crippen molar-refractivity contribution in [1.82, 2.24) is 9.99 Å². The van der Waals surface area contributed by atoms with Gasteiger partial charge in [-0.2, -0.15) is 5.10 Å². The SMILES string of the molecule is CC[C@H]1OC(C=O)N(Cc2cccc(NC(=O)c3cnco3)c2)N=C1c1ccc(OC)c(OC2CCCC2)c1. The molecule has 1 N–H and O–H groups in total. The molecule has 3 aromatic rings. The van der Waals surface area contributed by atoms with Gasteiger partial charge in [0.25, 0.3) is 5.91 Å². The third kappa shape index (κ3) is 6.12. The molecule has 2 heterocycles. The summed E-state index contributed by atoms with van der Waals surface area (Å²) in [5, 5.41) is 9.31. The number of nitrogens with one attached hydrogen (secondary N) is 1. The number of ether oxygens (including phenoxy) is 3. The Bertz CT molecular complexity index is 1320. The van der Waals surface area contributed by atoms with Gasteiger partial charge in [-0.25, -0.2) is 4.98 Å². The molecule has 1 amide bonds. The maximum Gasteiger partial charge on any atom is 0.293 e. The summed E-state index contributed by atoms with van der Waals surface area (Å²) < 4.78 is 23.1. The van der Waals surface area contributed by atoms with Gasteiger partial charge in [0, 0.05) is 11.3 Å². The smallest absolute Gasteiger partial charge is 0.293 e. The Morgan fingerprint density at radius 1 is 1.18 bits per heavy atom. The molecule has 0 saturated heterocycles. The van der Waals surface area contributed by atoms with E-state index in [1.807, 2.05) is 43.3 Å². The van der Waals surface area contributed by atoms with Crippen molar-refractivity contribution in [2.45, 2.75) is 64.0 Å². The fraction of sp³-hybridized carbons (Fsp3) is 0.379. The quantitative estimate of drug-likeness (QED) is 0.371. The van der Waals surface area contributed by atoms with Crippen LogP contribution in [-0.4, -0.2) is 53.4 Å². The molecule has 1 aromatic heterocycles. The number of hydrazone groups is 1. The van der Waals surface area contributed by atoms with E-state index in [-0.39, 0.29) is 24.5 Å². The molecule has 1 aliphatic carbocycles. The predicted molar refractivity (Wildman–Crippen MR) is 144 cm³/mol. The first-order chi connectivity index (χ1) is 19.1. The van der Waals surface area contributed by atoms with Crippen molar-refractivity contribution < 1.29 is 28.2 Å². The summed E-state index contributed by atoms with van der Waals surface area (Å²) in [5.41, 5.74) is 2.97. The highest BCUT2D eigenvalue weighted by molar-refractivity contribution is 6.04. The molecule has 204 valence electrons. The second-order valence-corrected chi connectivity index (χ2v) is 9.55. The van der Waals surface area contributed by atoms with Crippen LogP contribution in [0.5, 0.6) is 11.5 Å². The minimum atomic E-state index is -0.849. The van der Waals surface area contributed by atoms with E-state index in [1.165, 1.54) is 12.6 Å². The highest BCUT2D eigenvalue weighted by atomic mass is 16.5. The summed E-state index contributed by atoms with van der Waals surface area (Å²) >= 11 is 0. The molecule has 39 heavy (non-hydrogen) atoms. The lowest BCUT2D eigenvalue weighted by atomic mass is 10.0. The van der Waals surface area contributed by atoms with E-state index < -0.39 is 12.1 Å². The molecular weight excluding hydrogens is 500 g/mol. The fourth-order valence-corrected chi connectivity index (χ4v) is 4.89. The maximum atomic E-state index is 12.4. The molecule has 1 aliphatic heterocycles. The lowest BCUT2D eigenvalue weighted by Crippen LogP contribution is -2.45. The minimum absolute atomic E-state index is 0.112. The number of oxazole rings is 1. The number of carbonyl (C=O) groups excluding carboxylic acids is 2. The maximum absolute atomic E-state index is 12.4. The molecule has 1 saturated carbocycles. The third-order valence-corrected chi connectivity index (χ3v) is 6.87. The van der Waals surface area contributed by atoms with E-state index in [1.54, 1.807) is 18.2 Å². The highest BCUT2D eigenvalue weighted by Gasteiger charge is 2.32. The van der Waals surface area contributed by atoms with Crippen molar-refractivity contribution in [3.05, 3.63) is 71.9 Å². The Kier molecular flexibility index (Phi) is 8.21. The number of carbonyl (C=O) groups is 2. The fourth-order valence-electron chi connectivity index (χ4n) is 4.89. The Hall–Kier alpha value is -4.18. The van der Waals surface area contributed by atoms with E-state index in [0.717, 1.165) is 43.1 Å². The van der Waals surface area contributed by atoms with Crippen LogP contribution in [0, 0.1) is 0 Å². The van der Waals surface area contributed by atoms with Crippen LogP contribution in [0.4, 0.5) is 5.69 Å². The van der Waals surface area contributed by atoms with Gasteiger partial charge in [-0.15, -0.1) is 0 Å². The largest absolute Gasteiger partial charge is 0.493 e. The highest BCUT2D eigenvalue weighted by Crippen LogP contribution is 2.34. The Balaban J connectivity index is 1.40. The number of benzene rings is 2. The number of hydrogen-bond acceptors (Lipinski definition) is 9. The van der Waals surface area contributed by atoms with E-state index in [4.69, 9.17) is 23.7 Å². The van der Waals surface area contributed by atoms with E-state index in [9.17, 15) is 9.59 Å². The molecular formula is C29H32N4O6. The van der Waals surface area contributed by atoms with Gasteiger partial charge in [-0.3, -0.25) is 14.6 Å². The lowest BCUT2D eigenvalue weighted by Gasteiger charge is -2.35. The van der Waals surface area contributed by atoms with Gasteiger partial charge in [0.05, 0.1) is 31.7 Å². The number of anilines is 1. The molecule has 2 atom stereocenters. The number of aromatic nitrogens is 1. The van der Waals surface area contributed by atoms with Crippen LogP contribution in [0.2, 0.25) is 0 Å². The zero-order valence-corrected chi connectivity index (χ0v) is 22.0. The number of methoxy groups -OCH3 is 1. The third-order valence-electron chi connectivity index (χ3n) is 6.87. The standard InChI is InChI=1S/C29H32N4O6/c1-3-23-28(20-11-12-24(36-2)25(14-20)38-22-9-4-5-10-22)32-33(27(17-34)39-23)16-19-7-6-8-21(13-19)31-29(35)26-15-30-18-37-26/h6-8,11-15,17-18,22-23,27H,3-5,9-10,16H2,1-2H3,(H,31,35)/t23-,27?/m1/s1. The Morgan fingerprint density at radius 3 is 2.74 bits per heavy atom. The normalized spacial score (nSPS) is 19.4. The van der Waals surface area contributed by atoms with Crippen LogP contribution in [0.25, 0.3) is 0 Å². The van der Waals surface area contributed by atoms with Crippen molar-refractivity contribution in [2.24, 2.45) is 5.10 Å². The lowest BCUT2D eigenvalue weighted by molar-refractivity contribution is -0.139. The Labute approximate surface area is 226 Å². The second kappa shape index (κ2) is 12.1. The van der Waals surface area contributed by atoms with Crippen LogP contribution >= 0.6 is 0 Å². The van der Waals surface area contributed by atoms with Crippen LogP contribution in [0.3, 0.4) is 0 Å². The van der Waals surface area contributed by atoms with Crippen molar-refractivity contribution in [2.75, 3.05) is 12.4 Å². The van der Waals surface area contributed by atoms with Crippen molar-refractivity contribution in [3.63, 3.8) is 0 Å². The van der Waals surface area contributed by atoms with Crippen molar-refractivity contribution in [3.8, 4) is 11.5 Å². The van der Waals surface area contributed by atoms with Gasteiger partial charge in [0.15, 0.2) is 24.2 Å². The van der Waals surface area contributed by atoms with E-state index in [0.29, 0.717) is 29.3 Å². The minimum Gasteiger partial charge on any atom is -0.493 e. The molecule has 0 spiro atoms. The molecule has 1 unspecified atom stereocenters. The van der Waals surface area contributed by atoms with Crippen LogP contribution in [-0.2, 0) is 16.1 Å². The van der Waals surface area contributed by atoms with Gasteiger partial charge in [-0.1, -0.05) is 19.1 Å². The summed E-state index contributed by atoms with van der Waals surface area (Å²) in [6, 6.07) is 13.1. The number of aldehydes is 1. The van der Waals surface area contributed by atoms with Gasteiger partial charge >= 0.3 is 0 Å². The summed E-state index contributed by atoms with van der Waals surface area (Å²) in [6.07, 6.45) is 7.30. The first-order valence-electron chi connectivity index (χ1n) is 13.2. The van der Waals surface area contributed by atoms with E-state index >= 15 is 0 Å². The average Bonchev–Trinajstić information content (AvgIpc) is 3.68. The predicted octanol–water partition coefficient (Wildman–Crippen LogP) is 4.80. The molecule has 10 nitrogen and oxygen atoms in total. The summed E-state index contributed by atoms with van der Waals surface area (Å²) in [5.74, 6) is 1.06. The first-order valence-corrected chi connectivity index (χ1v) is 13.2. The van der Waals surface area contributed by atoms with E-state index in [2.05, 4.69) is 10.3 Å². The van der Waals surface area contributed by atoms with Crippen molar-refractivity contribution in [1.29, 1.82) is 0 Å². The van der Waals surface area contributed by atoms with Gasteiger partial charge in [0.1, 0.15) is 6.10 Å². The molecule has 2 aromatic carbocycles. The van der Waals surface area contributed by atoms with Gasteiger partial charge < -0.3 is 23.9 Å². The van der Waals surface area contributed by atoms with Gasteiger partial charge in [0.2, 0.25) is 12.0 Å². The number of amides is 1. The molecule has 10 heteroatoms. The first kappa shape index (κ1) is 26.4. The Morgan fingerprint density at radius 2 is 2.03 bits per heavy atom. The number of hydrogen-bond donors (Lipinski definition) is 1. The number of nitrogens with zero attached hydrogens (tertiary/aromatic N) is 3. The van der Waals surface area contributed by atoms with Crippen LogP contribution in [0.1, 0.15) is 60.7 Å². The summed E-state index contributed by atoms with van der Waals surface area (Å²) in [6.45, 7) is 2.29. The van der Waals surface area contributed by atoms with Gasteiger partial charge in [-0.05, 0) is 68.0 Å².